The summed E-state index contributed by atoms with van der Waals surface area (Å²) >= 11 is 21.8. The first-order valence-corrected chi connectivity index (χ1v) is 4.25. The molecule has 0 rings (SSSR count). The zero-order valence-corrected chi connectivity index (χ0v) is 9.06. The molecule has 11 heavy (non-hydrogen) atoms. The zero-order chi connectivity index (χ0) is 9.12. The lowest BCUT2D eigenvalue weighted by atomic mass is 10.8. The maximum Gasteiger partial charge on any atom is 0.216 e. The van der Waals surface area contributed by atoms with E-state index in [1.54, 1.807) is 0 Å². The summed E-state index contributed by atoms with van der Waals surface area (Å²) in [4.78, 5) is 0. The average Bonchev–Trinajstić information content (AvgIpc) is 1.55. The van der Waals surface area contributed by atoms with Gasteiger partial charge in [0.05, 0.1) is 0 Å². The summed E-state index contributed by atoms with van der Waals surface area (Å²) in [5.41, 5.74) is 0. The Bertz CT molecular complexity index is 101. The van der Waals surface area contributed by atoms with E-state index in [4.69, 9.17) is 55.9 Å². The van der Waals surface area contributed by atoms with Gasteiger partial charge in [-0.3, -0.25) is 0 Å². The largest absolute Gasteiger partial charge is 0.320 e. The molecule has 0 aromatic rings. The van der Waals surface area contributed by atoms with Crippen molar-refractivity contribution in [3.05, 3.63) is 0 Å². The number of ether oxygens (including phenoxy) is 2. The molecule has 0 aliphatic carbocycles. The van der Waals surface area contributed by atoms with Gasteiger partial charge in [-0.05, 0) is 13.8 Å². The lowest BCUT2D eigenvalue weighted by molar-refractivity contribution is -0.0921. The van der Waals surface area contributed by atoms with E-state index in [-0.39, 0.29) is 6.79 Å². The third kappa shape index (κ3) is 11.1. The monoisotopic (exact) mass is 240 g/mol. The third-order valence-electron chi connectivity index (χ3n) is 0.625. The van der Waals surface area contributed by atoms with E-state index in [0.717, 1.165) is 0 Å². The van der Waals surface area contributed by atoms with Crippen LogP contribution in [0.15, 0.2) is 0 Å². The summed E-state index contributed by atoms with van der Waals surface area (Å²) in [5.74, 6) is 0. The van der Waals surface area contributed by atoms with Crippen LogP contribution < -0.4 is 0 Å². The lowest BCUT2D eigenvalue weighted by Crippen LogP contribution is -2.20. The summed E-state index contributed by atoms with van der Waals surface area (Å²) in [5, 5.41) is 0. The quantitative estimate of drug-likeness (QED) is 0.556. The molecule has 0 amide bonds. The Kier molecular flexibility index (Phi) is 4.78. The minimum Gasteiger partial charge on any atom is -0.320 e. The summed E-state index contributed by atoms with van der Waals surface area (Å²) < 4.78 is 6.93. The molecule has 0 radical (unpaired) electrons. The van der Waals surface area contributed by atoms with E-state index < -0.39 is 9.04 Å². The third-order valence-corrected chi connectivity index (χ3v) is 1.06. The molecule has 0 aromatic heterocycles. The highest BCUT2D eigenvalue weighted by atomic mass is 35.5. The van der Waals surface area contributed by atoms with Gasteiger partial charge in [0.1, 0.15) is 0 Å². The van der Waals surface area contributed by atoms with E-state index in [2.05, 4.69) is 0 Å². The Hall–Kier alpha value is 1.08. The average molecular weight is 242 g/mol. The van der Waals surface area contributed by atoms with Crippen molar-refractivity contribution in [2.24, 2.45) is 0 Å². The molecule has 68 valence electrons. The SMILES string of the molecule is CC(Cl)(Cl)OCOC(C)(Cl)Cl. The smallest absolute Gasteiger partial charge is 0.216 e. The number of hydrogen-bond donors (Lipinski definition) is 0. The maximum atomic E-state index is 5.44. The molecule has 0 fully saturated rings. The van der Waals surface area contributed by atoms with Crippen LogP contribution in [0.2, 0.25) is 0 Å². The summed E-state index contributed by atoms with van der Waals surface area (Å²) in [6.45, 7) is 2.76. The van der Waals surface area contributed by atoms with Crippen LogP contribution in [0.1, 0.15) is 13.8 Å². The van der Waals surface area contributed by atoms with Crippen LogP contribution in [0.5, 0.6) is 0 Å². The van der Waals surface area contributed by atoms with Gasteiger partial charge in [-0.1, -0.05) is 46.4 Å². The predicted molar refractivity (Wildman–Crippen MR) is 47.3 cm³/mol. The summed E-state index contributed by atoms with van der Waals surface area (Å²) in [6.07, 6.45) is 0. The van der Waals surface area contributed by atoms with Gasteiger partial charge in [-0.15, -0.1) is 0 Å². The Morgan fingerprint density at radius 3 is 1.36 bits per heavy atom. The lowest BCUT2D eigenvalue weighted by Gasteiger charge is -2.18. The van der Waals surface area contributed by atoms with Gasteiger partial charge in [0.15, 0.2) is 6.79 Å². The van der Waals surface area contributed by atoms with Gasteiger partial charge in [0.25, 0.3) is 0 Å². The van der Waals surface area contributed by atoms with Crippen LogP contribution in [0, 0.1) is 0 Å². The van der Waals surface area contributed by atoms with Crippen molar-refractivity contribution in [3.8, 4) is 0 Å². The molecule has 0 unspecified atom stereocenters. The van der Waals surface area contributed by atoms with E-state index in [9.17, 15) is 0 Å². The molecule has 0 aliphatic heterocycles. The normalized spacial score (nSPS) is 13.6. The minimum atomic E-state index is -1.28. The van der Waals surface area contributed by atoms with Crippen molar-refractivity contribution in [1.82, 2.24) is 0 Å². The first-order valence-electron chi connectivity index (χ1n) is 2.74. The molecule has 0 heterocycles. The van der Waals surface area contributed by atoms with Gasteiger partial charge in [0.2, 0.25) is 9.04 Å². The molecule has 0 atom stereocenters. The fourth-order valence-electron chi connectivity index (χ4n) is 0.236. The molecule has 6 heteroatoms. The highest BCUT2D eigenvalue weighted by Gasteiger charge is 2.21. The van der Waals surface area contributed by atoms with E-state index in [1.807, 2.05) is 0 Å². The first-order chi connectivity index (χ1) is 4.71. The van der Waals surface area contributed by atoms with Crippen LogP contribution in [0.4, 0.5) is 0 Å². The molecule has 0 spiro atoms. The Morgan fingerprint density at radius 2 is 1.18 bits per heavy atom. The zero-order valence-electron chi connectivity index (χ0n) is 6.04. The van der Waals surface area contributed by atoms with Crippen LogP contribution in [0.3, 0.4) is 0 Å². The van der Waals surface area contributed by atoms with Crippen molar-refractivity contribution >= 4 is 46.4 Å². The van der Waals surface area contributed by atoms with E-state index >= 15 is 0 Å². The van der Waals surface area contributed by atoms with Crippen molar-refractivity contribution in [3.63, 3.8) is 0 Å². The number of halogens is 4. The topological polar surface area (TPSA) is 18.5 Å². The Morgan fingerprint density at radius 1 is 0.909 bits per heavy atom. The molecule has 0 saturated carbocycles. The maximum absolute atomic E-state index is 5.44. The van der Waals surface area contributed by atoms with Crippen LogP contribution in [0.25, 0.3) is 0 Å². The second kappa shape index (κ2) is 4.35. The number of rotatable bonds is 4. The molecule has 0 N–H and O–H groups in total. The van der Waals surface area contributed by atoms with Crippen LogP contribution in [-0.4, -0.2) is 15.8 Å². The highest BCUT2D eigenvalue weighted by Crippen LogP contribution is 2.24. The van der Waals surface area contributed by atoms with Gasteiger partial charge in [0, 0.05) is 0 Å². The van der Waals surface area contributed by atoms with Gasteiger partial charge in [-0.25, -0.2) is 0 Å². The first kappa shape index (κ1) is 12.1. The molecular weight excluding hydrogens is 234 g/mol. The number of hydrogen-bond acceptors (Lipinski definition) is 2. The van der Waals surface area contributed by atoms with E-state index in [1.165, 1.54) is 13.8 Å². The minimum absolute atomic E-state index is 0.160. The molecular formula is C5H8Cl4O2. The highest BCUT2D eigenvalue weighted by molar-refractivity contribution is 6.47. The Balaban J connectivity index is 3.44. The van der Waals surface area contributed by atoms with Crippen molar-refractivity contribution < 1.29 is 9.47 Å². The molecule has 0 aliphatic rings. The van der Waals surface area contributed by atoms with Crippen LogP contribution >= 0.6 is 46.4 Å². The standard InChI is InChI=1S/C5H8Cl4O2/c1-4(6,7)10-3-11-5(2,8)9/h3H2,1-2H3. The summed E-state index contributed by atoms with van der Waals surface area (Å²) in [7, 11) is 0. The Labute approximate surface area is 85.6 Å². The molecule has 2 nitrogen and oxygen atoms in total. The van der Waals surface area contributed by atoms with Gasteiger partial charge >= 0.3 is 0 Å². The molecule has 0 saturated heterocycles. The van der Waals surface area contributed by atoms with Gasteiger partial charge < -0.3 is 9.47 Å². The van der Waals surface area contributed by atoms with Crippen molar-refractivity contribution in [2.75, 3.05) is 6.79 Å². The van der Waals surface area contributed by atoms with Crippen LogP contribution in [-0.2, 0) is 9.47 Å². The van der Waals surface area contributed by atoms with Crippen molar-refractivity contribution in [1.29, 1.82) is 0 Å². The van der Waals surface area contributed by atoms with Gasteiger partial charge in [-0.2, -0.15) is 0 Å². The van der Waals surface area contributed by atoms with Crippen molar-refractivity contribution in [2.45, 2.75) is 22.9 Å². The van der Waals surface area contributed by atoms with E-state index in [0.29, 0.717) is 0 Å². The molecule has 0 bridgehead atoms. The predicted octanol–water partition coefficient (Wildman–Crippen LogP) is 3.28. The summed E-state index contributed by atoms with van der Waals surface area (Å²) in [6, 6.07) is 0. The fraction of sp³-hybridized carbons (Fsp3) is 1.00. The second-order valence-corrected chi connectivity index (χ2v) is 5.29. The second-order valence-electron chi connectivity index (χ2n) is 2.02. The molecule has 0 aromatic carbocycles. The number of alkyl halides is 4. The fourth-order valence-corrected chi connectivity index (χ4v) is 0.415.